The van der Waals surface area contributed by atoms with Crippen molar-refractivity contribution < 1.29 is 9.90 Å². The van der Waals surface area contributed by atoms with Crippen molar-refractivity contribution in [1.29, 1.82) is 0 Å². The molecule has 1 unspecified atom stereocenters. The van der Waals surface area contributed by atoms with Crippen molar-refractivity contribution in [3.8, 4) is 0 Å². The van der Waals surface area contributed by atoms with Crippen molar-refractivity contribution in [3.05, 3.63) is 29.6 Å². The Balaban J connectivity index is 2.99. The summed E-state index contributed by atoms with van der Waals surface area (Å²) >= 11 is 0. The van der Waals surface area contributed by atoms with Gasteiger partial charge < -0.3 is 5.11 Å². The summed E-state index contributed by atoms with van der Waals surface area (Å²) in [7, 11) is 0. The fourth-order valence-electron chi connectivity index (χ4n) is 1.17. The summed E-state index contributed by atoms with van der Waals surface area (Å²) in [6, 6.07) is 1.91. The van der Waals surface area contributed by atoms with E-state index in [0.717, 1.165) is 11.1 Å². The summed E-state index contributed by atoms with van der Waals surface area (Å²) in [5.74, 6) is -0.919. The number of pyridine rings is 1. The lowest BCUT2D eigenvalue weighted by atomic mass is 9.98. The van der Waals surface area contributed by atoms with Crippen LogP contribution >= 0.6 is 0 Å². The van der Waals surface area contributed by atoms with Gasteiger partial charge in [0.2, 0.25) is 0 Å². The molecule has 0 saturated heterocycles. The third-order valence-corrected chi connectivity index (χ3v) is 2.32. The Kier molecular flexibility index (Phi) is 3.23. The minimum absolute atomic E-state index is 0.378. The molecule has 0 aliphatic carbocycles. The van der Waals surface area contributed by atoms with Gasteiger partial charge in [-0.1, -0.05) is 19.9 Å². The van der Waals surface area contributed by atoms with Gasteiger partial charge in [-0.3, -0.25) is 9.78 Å². The maximum Gasteiger partial charge on any atom is 0.310 e. The van der Waals surface area contributed by atoms with E-state index in [2.05, 4.69) is 18.8 Å². The van der Waals surface area contributed by atoms with Crippen LogP contribution in [0.4, 0.5) is 0 Å². The van der Waals surface area contributed by atoms with E-state index in [1.165, 1.54) is 0 Å². The molecule has 1 aromatic heterocycles. The number of nitrogens with zero attached hydrogens (tertiary/aromatic N) is 1. The average Bonchev–Trinajstić information content (AvgIpc) is 2.16. The molecule has 0 saturated carbocycles. The predicted octanol–water partition coefficient (Wildman–Crippen LogP) is 2.39. The summed E-state index contributed by atoms with van der Waals surface area (Å²) in [6.45, 7) is 5.79. The van der Waals surface area contributed by atoms with E-state index in [9.17, 15) is 4.79 Å². The van der Waals surface area contributed by atoms with Gasteiger partial charge in [-0.15, -0.1) is 0 Å². The molecule has 1 rings (SSSR count). The van der Waals surface area contributed by atoms with Crippen molar-refractivity contribution in [2.24, 2.45) is 0 Å². The average molecular weight is 193 g/mol. The first-order valence-corrected chi connectivity index (χ1v) is 4.70. The molecule has 0 fully saturated rings. The summed E-state index contributed by atoms with van der Waals surface area (Å²) in [6.07, 6.45) is 3.40. The standard InChI is InChI=1S/C11H15NO2/c1-7(2)9-4-10(6-12-5-9)8(3)11(13)14/h4-8H,1-3H3,(H,13,14). The summed E-state index contributed by atoms with van der Waals surface area (Å²) in [5.41, 5.74) is 1.85. The fraction of sp³-hybridized carbons (Fsp3) is 0.455. The largest absolute Gasteiger partial charge is 0.481 e. The zero-order chi connectivity index (χ0) is 10.7. The van der Waals surface area contributed by atoms with Gasteiger partial charge in [-0.2, -0.15) is 0 Å². The van der Waals surface area contributed by atoms with Crippen LogP contribution in [0.2, 0.25) is 0 Å². The number of hydrogen-bond donors (Lipinski definition) is 1. The van der Waals surface area contributed by atoms with E-state index in [-0.39, 0.29) is 0 Å². The van der Waals surface area contributed by atoms with Crippen molar-refractivity contribution >= 4 is 5.97 Å². The monoisotopic (exact) mass is 193 g/mol. The molecule has 1 aromatic rings. The zero-order valence-electron chi connectivity index (χ0n) is 8.69. The Labute approximate surface area is 83.8 Å². The van der Waals surface area contributed by atoms with E-state index in [1.54, 1.807) is 19.3 Å². The van der Waals surface area contributed by atoms with Gasteiger partial charge >= 0.3 is 5.97 Å². The number of aliphatic carboxylic acids is 1. The van der Waals surface area contributed by atoms with Gasteiger partial charge in [0.15, 0.2) is 0 Å². The number of hydrogen-bond acceptors (Lipinski definition) is 2. The van der Waals surface area contributed by atoms with E-state index in [0.29, 0.717) is 5.92 Å². The number of carboxylic acids is 1. The maximum absolute atomic E-state index is 10.8. The Morgan fingerprint density at radius 2 is 1.86 bits per heavy atom. The first kappa shape index (κ1) is 10.7. The molecule has 0 aliphatic rings. The number of rotatable bonds is 3. The lowest BCUT2D eigenvalue weighted by molar-refractivity contribution is -0.138. The summed E-state index contributed by atoms with van der Waals surface area (Å²) in [5, 5.41) is 8.84. The molecule has 0 radical (unpaired) electrons. The summed E-state index contributed by atoms with van der Waals surface area (Å²) in [4.78, 5) is 14.8. The van der Waals surface area contributed by atoms with Gasteiger partial charge in [-0.25, -0.2) is 0 Å². The van der Waals surface area contributed by atoms with Crippen LogP contribution in [0.5, 0.6) is 0 Å². The van der Waals surface area contributed by atoms with Crippen molar-refractivity contribution in [3.63, 3.8) is 0 Å². The zero-order valence-corrected chi connectivity index (χ0v) is 8.69. The molecule has 0 amide bonds. The minimum atomic E-state index is -0.812. The van der Waals surface area contributed by atoms with Crippen LogP contribution in [0.25, 0.3) is 0 Å². The van der Waals surface area contributed by atoms with E-state index < -0.39 is 11.9 Å². The number of carbonyl (C=O) groups is 1. The minimum Gasteiger partial charge on any atom is -0.481 e. The lowest BCUT2D eigenvalue weighted by Gasteiger charge is -2.09. The molecule has 0 aliphatic heterocycles. The molecule has 0 spiro atoms. The van der Waals surface area contributed by atoms with Gasteiger partial charge in [0.05, 0.1) is 5.92 Å². The Bertz CT molecular complexity index is 334. The molecular weight excluding hydrogens is 178 g/mol. The molecule has 3 heteroatoms. The smallest absolute Gasteiger partial charge is 0.310 e. The molecule has 0 aromatic carbocycles. The van der Waals surface area contributed by atoms with Gasteiger partial charge in [0.1, 0.15) is 0 Å². The summed E-state index contributed by atoms with van der Waals surface area (Å²) < 4.78 is 0. The highest BCUT2D eigenvalue weighted by Gasteiger charge is 2.14. The van der Waals surface area contributed by atoms with E-state index in [4.69, 9.17) is 5.11 Å². The van der Waals surface area contributed by atoms with Crippen molar-refractivity contribution in [2.45, 2.75) is 32.6 Å². The van der Waals surface area contributed by atoms with Crippen LogP contribution in [0, 0.1) is 0 Å². The number of carboxylic acid groups (broad SMARTS) is 1. The third-order valence-electron chi connectivity index (χ3n) is 2.32. The second-order valence-corrected chi connectivity index (χ2v) is 3.77. The Morgan fingerprint density at radius 3 is 2.36 bits per heavy atom. The van der Waals surface area contributed by atoms with Gasteiger partial charge in [-0.05, 0) is 24.0 Å². The third kappa shape index (κ3) is 2.31. The first-order valence-electron chi connectivity index (χ1n) is 4.70. The fourth-order valence-corrected chi connectivity index (χ4v) is 1.17. The molecule has 76 valence electrons. The molecule has 1 atom stereocenters. The highest BCUT2D eigenvalue weighted by atomic mass is 16.4. The van der Waals surface area contributed by atoms with Gasteiger partial charge in [0, 0.05) is 12.4 Å². The molecule has 3 nitrogen and oxygen atoms in total. The second kappa shape index (κ2) is 4.22. The SMILES string of the molecule is CC(C)c1cncc(C(C)C(=O)O)c1. The second-order valence-electron chi connectivity index (χ2n) is 3.77. The van der Waals surface area contributed by atoms with Crippen LogP contribution in [0.1, 0.15) is 43.7 Å². The van der Waals surface area contributed by atoms with Gasteiger partial charge in [0.25, 0.3) is 0 Å². The Hall–Kier alpha value is -1.38. The topological polar surface area (TPSA) is 50.2 Å². The van der Waals surface area contributed by atoms with Crippen LogP contribution in [-0.2, 0) is 4.79 Å². The van der Waals surface area contributed by atoms with Crippen LogP contribution < -0.4 is 0 Å². The van der Waals surface area contributed by atoms with Crippen LogP contribution in [0.15, 0.2) is 18.5 Å². The number of aromatic nitrogens is 1. The lowest BCUT2D eigenvalue weighted by Crippen LogP contribution is -2.08. The maximum atomic E-state index is 10.8. The van der Waals surface area contributed by atoms with Crippen molar-refractivity contribution in [2.75, 3.05) is 0 Å². The van der Waals surface area contributed by atoms with E-state index in [1.807, 2.05) is 6.07 Å². The molecule has 1 heterocycles. The molecule has 14 heavy (non-hydrogen) atoms. The quantitative estimate of drug-likeness (QED) is 0.801. The normalized spacial score (nSPS) is 12.9. The first-order chi connectivity index (χ1) is 6.52. The Morgan fingerprint density at radius 1 is 1.29 bits per heavy atom. The molecule has 1 N–H and O–H groups in total. The van der Waals surface area contributed by atoms with E-state index >= 15 is 0 Å². The highest BCUT2D eigenvalue weighted by molar-refractivity contribution is 5.75. The molecule has 0 bridgehead atoms. The van der Waals surface area contributed by atoms with Crippen LogP contribution in [-0.4, -0.2) is 16.1 Å². The molecular formula is C11H15NO2. The predicted molar refractivity (Wildman–Crippen MR) is 54.4 cm³/mol. The van der Waals surface area contributed by atoms with Crippen LogP contribution in [0.3, 0.4) is 0 Å². The highest BCUT2D eigenvalue weighted by Crippen LogP contribution is 2.19. The van der Waals surface area contributed by atoms with Crippen molar-refractivity contribution in [1.82, 2.24) is 4.98 Å².